The second kappa shape index (κ2) is 12.7. The molecule has 2 aliphatic rings. The number of ether oxygens (including phenoxy) is 1. The maximum atomic E-state index is 13.1. The van der Waals surface area contributed by atoms with Crippen LogP contribution < -0.4 is 10.2 Å². The van der Waals surface area contributed by atoms with E-state index < -0.39 is 12.6 Å². The van der Waals surface area contributed by atoms with E-state index in [0.29, 0.717) is 37.9 Å². The SMILES string of the molecule is CC1=CC(CNC(=O)COCC(=O)O)C(C(C)C)CC1CC(=O)N1CCN(c2ccccn2)CC1. The zero-order chi connectivity index (χ0) is 25.4. The first-order valence-corrected chi connectivity index (χ1v) is 12.4. The van der Waals surface area contributed by atoms with Crippen LogP contribution in [-0.4, -0.2) is 78.7 Å². The van der Waals surface area contributed by atoms with E-state index in [-0.39, 0.29) is 30.3 Å². The zero-order valence-electron chi connectivity index (χ0n) is 21.0. The third-order valence-corrected chi connectivity index (χ3v) is 7.10. The molecule has 3 rings (SSSR count). The molecular weight excluding hydrogens is 448 g/mol. The molecule has 1 aromatic rings. The van der Waals surface area contributed by atoms with Gasteiger partial charge in [0.25, 0.3) is 0 Å². The molecular formula is C26H38N4O5. The largest absolute Gasteiger partial charge is 0.480 e. The minimum Gasteiger partial charge on any atom is -0.480 e. The molecule has 35 heavy (non-hydrogen) atoms. The number of hydrogen-bond acceptors (Lipinski definition) is 6. The Kier molecular flexibility index (Phi) is 9.65. The summed E-state index contributed by atoms with van der Waals surface area (Å²) in [5.74, 6) is 0.870. The maximum Gasteiger partial charge on any atom is 0.329 e. The molecule has 0 radical (unpaired) electrons. The Bertz CT molecular complexity index is 896. The second-order valence-corrected chi connectivity index (χ2v) is 9.87. The van der Waals surface area contributed by atoms with Gasteiger partial charge in [0.1, 0.15) is 19.0 Å². The van der Waals surface area contributed by atoms with Gasteiger partial charge >= 0.3 is 5.97 Å². The van der Waals surface area contributed by atoms with Crippen molar-refractivity contribution in [3.8, 4) is 0 Å². The first-order valence-electron chi connectivity index (χ1n) is 12.4. The minimum absolute atomic E-state index is 0.173. The lowest BCUT2D eigenvalue weighted by Gasteiger charge is -2.39. The number of nitrogens with zero attached hydrogens (tertiary/aromatic N) is 3. The Morgan fingerprint density at radius 3 is 2.54 bits per heavy atom. The van der Waals surface area contributed by atoms with Crippen molar-refractivity contribution in [3.63, 3.8) is 0 Å². The maximum absolute atomic E-state index is 13.1. The number of rotatable bonds is 10. The van der Waals surface area contributed by atoms with Crippen LogP contribution in [0.4, 0.5) is 5.82 Å². The fourth-order valence-electron chi connectivity index (χ4n) is 5.09. The third kappa shape index (κ3) is 7.78. The van der Waals surface area contributed by atoms with Gasteiger partial charge in [0.05, 0.1) is 0 Å². The predicted molar refractivity (Wildman–Crippen MR) is 133 cm³/mol. The molecule has 9 heteroatoms. The summed E-state index contributed by atoms with van der Waals surface area (Å²) in [4.78, 5) is 44.3. The van der Waals surface area contributed by atoms with Crippen LogP contribution in [0.25, 0.3) is 0 Å². The molecule has 2 N–H and O–H groups in total. The van der Waals surface area contributed by atoms with Crippen molar-refractivity contribution >= 4 is 23.6 Å². The molecule has 0 aromatic carbocycles. The molecule has 1 fully saturated rings. The van der Waals surface area contributed by atoms with Crippen molar-refractivity contribution in [1.82, 2.24) is 15.2 Å². The lowest BCUT2D eigenvalue weighted by molar-refractivity contribution is -0.143. The van der Waals surface area contributed by atoms with Gasteiger partial charge in [-0.3, -0.25) is 9.59 Å². The molecule has 3 atom stereocenters. The summed E-state index contributed by atoms with van der Waals surface area (Å²) >= 11 is 0. The predicted octanol–water partition coefficient (Wildman–Crippen LogP) is 2.19. The van der Waals surface area contributed by atoms with E-state index in [1.165, 1.54) is 5.57 Å². The van der Waals surface area contributed by atoms with Crippen molar-refractivity contribution in [2.75, 3.05) is 50.8 Å². The van der Waals surface area contributed by atoms with Gasteiger partial charge in [0.2, 0.25) is 11.8 Å². The fraction of sp³-hybridized carbons (Fsp3) is 0.615. The number of allylic oxidation sites excluding steroid dienone is 1. The molecule has 3 unspecified atom stereocenters. The molecule has 1 aliphatic carbocycles. The highest BCUT2D eigenvalue weighted by atomic mass is 16.5. The van der Waals surface area contributed by atoms with Crippen LogP contribution in [0.15, 0.2) is 36.0 Å². The number of anilines is 1. The van der Waals surface area contributed by atoms with Crippen LogP contribution in [0.1, 0.15) is 33.6 Å². The smallest absolute Gasteiger partial charge is 0.329 e. The van der Waals surface area contributed by atoms with Gasteiger partial charge in [-0.2, -0.15) is 0 Å². The first-order chi connectivity index (χ1) is 16.7. The molecule has 1 saturated heterocycles. The standard InChI is InChI=1S/C26H38N4O5/c1-18(2)22-13-20(19(3)12-21(22)15-28-24(31)16-35-17-26(33)34)14-25(32)30-10-8-29(9-11-30)23-6-4-5-7-27-23/h4-7,12,18,20-22H,8-11,13-17H2,1-3H3,(H,28,31)(H,33,34). The molecule has 2 amide bonds. The highest BCUT2D eigenvalue weighted by Crippen LogP contribution is 2.39. The number of aromatic nitrogens is 1. The van der Waals surface area contributed by atoms with E-state index in [1.807, 2.05) is 23.1 Å². The Morgan fingerprint density at radius 2 is 1.91 bits per heavy atom. The number of nitrogens with one attached hydrogen (secondary N) is 1. The van der Waals surface area contributed by atoms with Gasteiger partial charge in [-0.05, 0) is 49.1 Å². The van der Waals surface area contributed by atoms with Gasteiger partial charge < -0.3 is 25.0 Å². The van der Waals surface area contributed by atoms with Crippen LogP contribution in [0.3, 0.4) is 0 Å². The first kappa shape index (κ1) is 26.7. The van der Waals surface area contributed by atoms with Crippen molar-refractivity contribution in [2.45, 2.75) is 33.6 Å². The lowest BCUT2D eigenvalue weighted by Crippen LogP contribution is -2.49. The molecule has 1 aromatic heterocycles. The highest BCUT2D eigenvalue weighted by molar-refractivity contribution is 5.78. The number of carboxylic acid groups (broad SMARTS) is 1. The molecule has 9 nitrogen and oxygen atoms in total. The van der Waals surface area contributed by atoms with Gasteiger partial charge in [-0.1, -0.05) is 31.6 Å². The van der Waals surface area contributed by atoms with Crippen molar-refractivity contribution in [3.05, 3.63) is 36.0 Å². The molecule has 0 saturated carbocycles. The van der Waals surface area contributed by atoms with Gasteiger partial charge in [-0.15, -0.1) is 0 Å². The zero-order valence-corrected chi connectivity index (χ0v) is 21.0. The summed E-state index contributed by atoms with van der Waals surface area (Å²) < 4.78 is 4.87. The number of amides is 2. The minimum atomic E-state index is -1.10. The van der Waals surface area contributed by atoms with E-state index in [2.05, 4.69) is 42.0 Å². The number of piperazine rings is 1. The molecule has 0 spiro atoms. The van der Waals surface area contributed by atoms with Crippen LogP contribution in [0.5, 0.6) is 0 Å². The van der Waals surface area contributed by atoms with Gasteiger partial charge in [0.15, 0.2) is 0 Å². The lowest BCUT2D eigenvalue weighted by atomic mass is 9.69. The normalized spacial score (nSPS) is 22.6. The van der Waals surface area contributed by atoms with E-state index in [0.717, 1.165) is 25.3 Å². The van der Waals surface area contributed by atoms with Crippen LogP contribution >= 0.6 is 0 Å². The van der Waals surface area contributed by atoms with E-state index >= 15 is 0 Å². The average molecular weight is 487 g/mol. The summed E-state index contributed by atoms with van der Waals surface area (Å²) in [6, 6.07) is 5.89. The number of carboxylic acids is 1. The van der Waals surface area contributed by atoms with Crippen molar-refractivity contribution in [2.24, 2.45) is 23.7 Å². The summed E-state index contributed by atoms with van der Waals surface area (Å²) in [6.45, 7) is 9.15. The summed E-state index contributed by atoms with van der Waals surface area (Å²) in [7, 11) is 0. The number of aliphatic carboxylic acids is 1. The Morgan fingerprint density at radius 1 is 1.17 bits per heavy atom. The topological polar surface area (TPSA) is 112 Å². The van der Waals surface area contributed by atoms with Gasteiger partial charge in [0, 0.05) is 45.3 Å². The number of hydrogen-bond donors (Lipinski definition) is 2. The monoisotopic (exact) mass is 486 g/mol. The number of pyridine rings is 1. The number of carbonyl (C=O) groups is 3. The molecule has 192 valence electrons. The second-order valence-electron chi connectivity index (χ2n) is 9.87. The Hall–Kier alpha value is -2.94. The molecule has 0 bridgehead atoms. The highest BCUT2D eigenvalue weighted by Gasteiger charge is 2.34. The molecule has 1 aliphatic heterocycles. The summed E-state index contributed by atoms with van der Waals surface area (Å²) in [6.07, 6.45) is 5.43. The van der Waals surface area contributed by atoms with Gasteiger partial charge in [-0.25, -0.2) is 9.78 Å². The Labute approximate surface area is 207 Å². The van der Waals surface area contributed by atoms with Crippen molar-refractivity contribution < 1.29 is 24.2 Å². The average Bonchev–Trinajstić information content (AvgIpc) is 2.84. The summed E-state index contributed by atoms with van der Waals surface area (Å²) in [5, 5.41) is 11.5. The van der Waals surface area contributed by atoms with Crippen LogP contribution in [0, 0.1) is 23.7 Å². The van der Waals surface area contributed by atoms with Crippen LogP contribution in [-0.2, 0) is 19.1 Å². The van der Waals surface area contributed by atoms with E-state index in [9.17, 15) is 14.4 Å². The quantitative estimate of drug-likeness (QED) is 0.488. The van der Waals surface area contributed by atoms with Crippen molar-refractivity contribution in [1.29, 1.82) is 0 Å². The number of carbonyl (C=O) groups excluding carboxylic acids is 2. The fourth-order valence-corrected chi connectivity index (χ4v) is 5.09. The van der Waals surface area contributed by atoms with E-state index in [4.69, 9.17) is 9.84 Å². The molecule has 2 heterocycles. The summed E-state index contributed by atoms with van der Waals surface area (Å²) in [5.41, 5.74) is 1.20. The van der Waals surface area contributed by atoms with Crippen LogP contribution in [0.2, 0.25) is 0 Å². The third-order valence-electron chi connectivity index (χ3n) is 7.10. The van der Waals surface area contributed by atoms with E-state index in [1.54, 1.807) is 6.20 Å². The Balaban J connectivity index is 1.51.